The van der Waals surface area contributed by atoms with E-state index in [2.05, 4.69) is 10.6 Å². The van der Waals surface area contributed by atoms with Gasteiger partial charge >= 0.3 is 0 Å². The van der Waals surface area contributed by atoms with Crippen molar-refractivity contribution in [2.45, 2.75) is 13.5 Å². The molecule has 8 heteroatoms. The van der Waals surface area contributed by atoms with Crippen LogP contribution in [0.1, 0.15) is 11.1 Å². The Morgan fingerprint density at radius 3 is 2.44 bits per heavy atom. The van der Waals surface area contributed by atoms with Gasteiger partial charge in [0.15, 0.2) is 0 Å². The fraction of sp³-hybridized carbons (Fsp3) is 0.263. The summed E-state index contributed by atoms with van der Waals surface area (Å²) in [7, 11) is 1.80. The van der Waals surface area contributed by atoms with Gasteiger partial charge in [0, 0.05) is 17.3 Å². The van der Waals surface area contributed by atoms with Crippen LogP contribution in [0.5, 0.6) is 0 Å². The Hall–Kier alpha value is -1.79. The van der Waals surface area contributed by atoms with Crippen LogP contribution >= 0.6 is 34.8 Å². The number of likely N-dealkylation sites (N-methyl/N-ethyl adjacent to an activating group) is 1. The number of hydrogen-bond acceptors (Lipinski definition) is 3. The summed E-state index contributed by atoms with van der Waals surface area (Å²) in [5.74, 6) is -0.573. The van der Waals surface area contributed by atoms with Crippen molar-refractivity contribution in [3.05, 3.63) is 62.6 Å². The Bertz CT molecular complexity index is 843. The molecule has 0 fully saturated rings. The molecule has 0 bridgehead atoms. The van der Waals surface area contributed by atoms with Gasteiger partial charge in [-0.2, -0.15) is 0 Å². The highest BCUT2D eigenvalue weighted by molar-refractivity contribution is 6.42. The largest absolute Gasteiger partial charge is 0.346 e. The fourth-order valence-electron chi connectivity index (χ4n) is 2.42. The summed E-state index contributed by atoms with van der Waals surface area (Å²) in [6.07, 6.45) is 0. The molecular weight excluding hydrogens is 409 g/mol. The second-order valence-corrected chi connectivity index (χ2v) is 7.38. The molecule has 0 aliphatic heterocycles. The topological polar surface area (TPSA) is 61.4 Å². The number of amides is 2. The van der Waals surface area contributed by atoms with Crippen molar-refractivity contribution in [2.24, 2.45) is 0 Å². The third-order valence-electron chi connectivity index (χ3n) is 3.84. The molecule has 0 radical (unpaired) electrons. The van der Waals surface area contributed by atoms with Crippen LogP contribution in [0, 0.1) is 6.92 Å². The molecule has 2 aromatic carbocycles. The SMILES string of the molecule is Cc1c(Cl)cccc1NC(=O)CNC(=O)CN(C)Cc1ccc(Cl)c(Cl)c1. The predicted molar refractivity (Wildman–Crippen MR) is 111 cm³/mol. The maximum absolute atomic E-state index is 12.0. The lowest BCUT2D eigenvalue weighted by atomic mass is 10.2. The van der Waals surface area contributed by atoms with Crippen molar-refractivity contribution in [3.8, 4) is 0 Å². The van der Waals surface area contributed by atoms with Crippen molar-refractivity contribution in [2.75, 3.05) is 25.5 Å². The first-order valence-electron chi connectivity index (χ1n) is 8.20. The van der Waals surface area contributed by atoms with Gasteiger partial charge in [0.05, 0.1) is 23.1 Å². The normalized spacial score (nSPS) is 10.7. The quantitative estimate of drug-likeness (QED) is 0.696. The molecule has 0 unspecified atom stereocenters. The van der Waals surface area contributed by atoms with Crippen LogP contribution in [0.15, 0.2) is 36.4 Å². The van der Waals surface area contributed by atoms with E-state index in [1.165, 1.54) is 0 Å². The Morgan fingerprint density at radius 1 is 1.00 bits per heavy atom. The van der Waals surface area contributed by atoms with Crippen molar-refractivity contribution in [1.82, 2.24) is 10.2 Å². The lowest BCUT2D eigenvalue weighted by molar-refractivity contribution is -0.124. The minimum Gasteiger partial charge on any atom is -0.346 e. The van der Waals surface area contributed by atoms with Crippen LogP contribution in [0.25, 0.3) is 0 Å². The monoisotopic (exact) mass is 427 g/mol. The molecule has 0 spiro atoms. The summed E-state index contributed by atoms with van der Waals surface area (Å²) in [6.45, 7) is 2.36. The molecular formula is C19H20Cl3N3O2. The molecule has 2 amide bonds. The molecule has 2 N–H and O–H groups in total. The molecule has 0 aromatic heterocycles. The second kappa shape index (κ2) is 9.95. The van der Waals surface area contributed by atoms with E-state index in [0.717, 1.165) is 11.1 Å². The Labute approximate surface area is 173 Å². The zero-order valence-electron chi connectivity index (χ0n) is 15.0. The predicted octanol–water partition coefficient (Wildman–Crippen LogP) is 4.14. The maximum Gasteiger partial charge on any atom is 0.243 e. The number of carbonyl (C=O) groups is 2. The van der Waals surface area contributed by atoms with Crippen LogP contribution in [0.3, 0.4) is 0 Å². The van der Waals surface area contributed by atoms with Gasteiger partial charge in [0.2, 0.25) is 11.8 Å². The van der Waals surface area contributed by atoms with E-state index in [-0.39, 0.29) is 24.9 Å². The lowest BCUT2D eigenvalue weighted by Gasteiger charge is -2.17. The summed E-state index contributed by atoms with van der Waals surface area (Å²) in [4.78, 5) is 25.9. The molecule has 0 saturated heterocycles. The van der Waals surface area contributed by atoms with Crippen molar-refractivity contribution < 1.29 is 9.59 Å². The molecule has 0 aliphatic rings. The smallest absolute Gasteiger partial charge is 0.243 e. The minimum atomic E-state index is -0.319. The van der Waals surface area contributed by atoms with Gasteiger partial charge in [-0.15, -0.1) is 0 Å². The van der Waals surface area contributed by atoms with E-state index in [1.54, 1.807) is 37.4 Å². The first-order valence-corrected chi connectivity index (χ1v) is 9.34. The maximum atomic E-state index is 12.0. The van der Waals surface area contributed by atoms with E-state index < -0.39 is 0 Å². The van der Waals surface area contributed by atoms with E-state index in [9.17, 15) is 9.59 Å². The minimum absolute atomic E-state index is 0.120. The summed E-state index contributed by atoms with van der Waals surface area (Å²) in [5, 5.41) is 6.86. The summed E-state index contributed by atoms with van der Waals surface area (Å²) >= 11 is 17.9. The molecule has 2 aromatic rings. The van der Waals surface area contributed by atoms with Crippen LogP contribution < -0.4 is 10.6 Å². The highest BCUT2D eigenvalue weighted by Gasteiger charge is 2.11. The molecule has 27 heavy (non-hydrogen) atoms. The summed E-state index contributed by atoms with van der Waals surface area (Å²) in [6, 6.07) is 10.6. The molecule has 5 nitrogen and oxygen atoms in total. The first kappa shape index (κ1) is 21.5. The van der Waals surface area contributed by atoms with Crippen molar-refractivity contribution in [1.29, 1.82) is 0 Å². The molecule has 0 heterocycles. The van der Waals surface area contributed by atoms with Crippen LogP contribution in [0.2, 0.25) is 15.1 Å². The number of anilines is 1. The third-order valence-corrected chi connectivity index (χ3v) is 4.99. The summed E-state index contributed by atoms with van der Waals surface area (Å²) < 4.78 is 0. The third kappa shape index (κ3) is 6.70. The van der Waals surface area contributed by atoms with Gasteiger partial charge < -0.3 is 10.6 Å². The average molecular weight is 429 g/mol. The lowest BCUT2D eigenvalue weighted by Crippen LogP contribution is -2.39. The van der Waals surface area contributed by atoms with Gasteiger partial charge in [-0.05, 0) is 49.4 Å². The number of carbonyl (C=O) groups excluding carboxylic acids is 2. The van der Waals surface area contributed by atoms with E-state index in [4.69, 9.17) is 34.8 Å². The number of rotatable bonds is 7. The number of hydrogen-bond donors (Lipinski definition) is 2. The van der Waals surface area contributed by atoms with Crippen molar-refractivity contribution in [3.63, 3.8) is 0 Å². The van der Waals surface area contributed by atoms with Gasteiger partial charge in [0.25, 0.3) is 0 Å². The van der Waals surface area contributed by atoms with Gasteiger partial charge in [0.1, 0.15) is 0 Å². The molecule has 2 rings (SSSR count). The molecule has 0 saturated carbocycles. The fourth-order valence-corrected chi connectivity index (χ4v) is 2.92. The zero-order chi connectivity index (χ0) is 20.0. The number of nitrogens with zero attached hydrogens (tertiary/aromatic N) is 1. The zero-order valence-corrected chi connectivity index (χ0v) is 17.3. The number of benzene rings is 2. The highest BCUT2D eigenvalue weighted by atomic mass is 35.5. The Kier molecular flexibility index (Phi) is 7.92. The first-order chi connectivity index (χ1) is 12.8. The van der Waals surface area contributed by atoms with E-state index in [1.807, 2.05) is 17.9 Å². The second-order valence-electron chi connectivity index (χ2n) is 6.16. The van der Waals surface area contributed by atoms with Crippen LogP contribution in [-0.4, -0.2) is 36.9 Å². The van der Waals surface area contributed by atoms with Crippen LogP contribution in [-0.2, 0) is 16.1 Å². The number of halogens is 3. The molecule has 0 aliphatic carbocycles. The van der Waals surface area contributed by atoms with E-state index in [0.29, 0.717) is 27.3 Å². The van der Waals surface area contributed by atoms with E-state index >= 15 is 0 Å². The van der Waals surface area contributed by atoms with Gasteiger partial charge in [-0.3, -0.25) is 14.5 Å². The van der Waals surface area contributed by atoms with Gasteiger partial charge in [-0.1, -0.05) is 46.9 Å². The Morgan fingerprint density at radius 2 is 1.74 bits per heavy atom. The molecule has 0 atom stereocenters. The van der Waals surface area contributed by atoms with Crippen LogP contribution in [0.4, 0.5) is 5.69 Å². The van der Waals surface area contributed by atoms with Crippen molar-refractivity contribution >= 4 is 52.3 Å². The Balaban J connectivity index is 1.78. The average Bonchev–Trinajstić information content (AvgIpc) is 2.60. The summed E-state index contributed by atoms with van der Waals surface area (Å²) in [5.41, 5.74) is 2.34. The number of nitrogens with one attached hydrogen (secondary N) is 2. The molecule has 144 valence electrons. The van der Waals surface area contributed by atoms with Gasteiger partial charge in [-0.25, -0.2) is 0 Å². The highest BCUT2D eigenvalue weighted by Crippen LogP contribution is 2.23. The standard InChI is InChI=1S/C19H20Cl3N3O2/c1-12-14(20)4-3-5-17(12)24-18(26)9-23-19(27)11-25(2)10-13-6-7-15(21)16(22)8-13/h3-8H,9-11H2,1-2H3,(H,23,27)(H,24,26).